The SMILES string of the molecule is CN=C(NCc1ccccc1CN1CCCC1=O)N1CCc2ccccc2C1. The summed E-state index contributed by atoms with van der Waals surface area (Å²) in [6.45, 7) is 4.14. The lowest BCUT2D eigenvalue weighted by Gasteiger charge is -2.31. The molecular weight excluding hydrogens is 348 g/mol. The number of carbonyl (C=O) groups excluding carboxylic acids is 1. The van der Waals surface area contributed by atoms with E-state index in [1.54, 1.807) is 0 Å². The van der Waals surface area contributed by atoms with Crippen LogP contribution in [0.2, 0.25) is 0 Å². The molecule has 1 saturated heterocycles. The minimum atomic E-state index is 0.269. The number of likely N-dealkylation sites (tertiary alicyclic amines) is 1. The van der Waals surface area contributed by atoms with E-state index in [1.165, 1.54) is 22.3 Å². The molecule has 1 amide bonds. The second-order valence-electron chi connectivity index (χ2n) is 7.53. The number of fused-ring (bicyclic) bond motifs is 1. The summed E-state index contributed by atoms with van der Waals surface area (Å²) in [7, 11) is 1.84. The van der Waals surface area contributed by atoms with Crippen molar-refractivity contribution in [3.63, 3.8) is 0 Å². The zero-order chi connectivity index (χ0) is 19.3. The molecule has 0 bridgehead atoms. The van der Waals surface area contributed by atoms with Crippen LogP contribution in [0.15, 0.2) is 53.5 Å². The van der Waals surface area contributed by atoms with E-state index in [2.05, 4.69) is 63.7 Å². The van der Waals surface area contributed by atoms with Crippen LogP contribution in [0.1, 0.15) is 35.1 Å². The van der Waals surface area contributed by atoms with Gasteiger partial charge in [0.2, 0.25) is 5.91 Å². The van der Waals surface area contributed by atoms with Gasteiger partial charge in [-0.3, -0.25) is 9.79 Å². The maximum absolute atomic E-state index is 12.0. The Morgan fingerprint density at radius 2 is 1.75 bits per heavy atom. The molecule has 1 N–H and O–H groups in total. The Morgan fingerprint density at radius 1 is 1.00 bits per heavy atom. The Kier molecular flexibility index (Phi) is 5.60. The molecule has 5 heteroatoms. The van der Waals surface area contributed by atoms with Crippen molar-refractivity contribution in [2.24, 2.45) is 4.99 Å². The third kappa shape index (κ3) is 4.03. The molecule has 0 radical (unpaired) electrons. The number of amides is 1. The Labute approximate surface area is 167 Å². The standard InChI is InChI=1S/C23H28N4O/c1-24-23(27-14-12-18-7-2-4-9-20(18)17-27)25-15-19-8-3-5-10-21(19)16-26-13-6-11-22(26)28/h2-5,7-10H,6,11-17H2,1H3,(H,24,25). The van der Waals surface area contributed by atoms with Gasteiger partial charge in [-0.05, 0) is 35.1 Å². The van der Waals surface area contributed by atoms with E-state index in [-0.39, 0.29) is 5.91 Å². The maximum atomic E-state index is 12.0. The molecular formula is C23H28N4O. The number of rotatable bonds is 4. The molecule has 2 aliphatic heterocycles. The van der Waals surface area contributed by atoms with Crippen molar-refractivity contribution < 1.29 is 4.79 Å². The molecule has 0 atom stereocenters. The van der Waals surface area contributed by atoms with Crippen LogP contribution in [-0.2, 0) is 30.8 Å². The molecule has 4 rings (SSSR count). The van der Waals surface area contributed by atoms with Crippen molar-refractivity contribution in [3.05, 3.63) is 70.8 Å². The second kappa shape index (κ2) is 8.46. The van der Waals surface area contributed by atoms with E-state index >= 15 is 0 Å². The minimum absolute atomic E-state index is 0.269. The lowest BCUT2D eigenvalue weighted by atomic mass is 10.0. The number of carbonyl (C=O) groups is 1. The van der Waals surface area contributed by atoms with Gasteiger partial charge in [0.05, 0.1) is 0 Å². The van der Waals surface area contributed by atoms with Gasteiger partial charge in [-0.2, -0.15) is 0 Å². The van der Waals surface area contributed by atoms with Crippen molar-refractivity contribution >= 4 is 11.9 Å². The molecule has 28 heavy (non-hydrogen) atoms. The van der Waals surface area contributed by atoms with E-state index < -0.39 is 0 Å². The van der Waals surface area contributed by atoms with Gasteiger partial charge in [0.25, 0.3) is 0 Å². The summed E-state index contributed by atoms with van der Waals surface area (Å²) < 4.78 is 0. The first-order valence-corrected chi connectivity index (χ1v) is 10.1. The molecule has 0 spiro atoms. The van der Waals surface area contributed by atoms with Crippen LogP contribution >= 0.6 is 0 Å². The quantitative estimate of drug-likeness (QED) is 0.659. The largest absolute Gasteiger partial charge is 0.352 e. The summed E-state index contributed by atoms with van der Waals surface area (Å²) in [5.41, 5.74) is 5.25. The van der Waals surface area contributed by atoms with Crippen molar-refractivity contribution in [1.82, 2.24) is 15.1 Å². The van der Waals surface area contributed by atoms with Gasteiger partial charge in [0, 0.05) is 46.2 Å². The number of benzene rings is 2. The predicted octanol–water partition coefficient (Wildman–Crippen LogP) is 2.94. The monoisotopic (exact) mass is 376 g/mol. The number of hydrogen-bond acceptors (Lipinski definition) is 2. The highest BCUT2D eigenvalue weighted by Crippen LogP contribution is 2.20. The van der Waals surface area contributed by atoms with Gasteiger partial charge >= 0.3 is 0 Å². The van der Waals surface area contributed by atoms with E-state index in [4.69, 9.17) is 0 Å². The summed E-state index contributed by atoms with van der Waals surface area (Å²) in [4.78, 5) is 20.8. The Bertz CT molecular complexity index is 876. The molecule has 2 aliphatic rings. The van der Waals surface area contributed by atoms with E-state index in [0.717, 1.165) is 38.4 Å². The van der Waals surface area contributed by atoms with Crippen LogP contribution in [0.4, 0.5) is 0 Å². The maximum Gasteiger partial charge on any atom is 0.222 e. The Balaban J connectivity index is 1.42. The van der Waals surface area contributed by atoms with Crippen LogP contribution in [-0.4, -0.2) is 41.8 Å². The average molecular weight is 377 g/mol. The third-order valence-electron chi connectivity index (χ3n) is 5.73. The highest BCUT2D eigenvalue weighted by atomic mass is 16.2. The first-order valence-electron chi connectivity index (χ1n) is 10.1. The topological polar surface area (TPSA) is 47.9 Å². The highest BCUT2D eigenvalue weighted by Gasteiger charge is 2.22. The van der Waals surface area contributed by atoms with Gasteiger partial charge in [0.15, 0.2) is 5.96 Å². The molecule has 0 aromatic heterocycles. The predicted molar refractivity (Wildman–Crippen MR) is 112 cm³/mol. The van der Waals surface area contributed by atoms with Gasteiger partial charge in [-0.1, -0.05) is 48.5 Å². The smallest absolute Gasteiger partial charge is 0.222 e. The zero-order valence-corrected chi connectivity index (χ0v) is 16.5. The summed E-state index contributed by atoms with van der Waals surface area (Å²) in [5, 5.41) is 3.54. The molecule has 2 aromatic rings. The first-order chi connectivity index (χ1) is 13.7. The van der Waals surface area contributed by atoms with Crippen LogP contribution < -0.4 is 5.32 Å². The van der Waals surface area contributed by atoms with Crippen molar-refractivity contribution in [1.29, 1.82) is 0 Å². The van der Waals surface area contributed by atoms with Crippen LogP contribution in [0.5, 0.6) is 0 Å². The lowest BCUT2D eigenvalue weighted by Crippen LogP contribution is -2.43. The van der Waals surface area contributed by atoms with Gasteiger partial charge in [-0.25, -0.2) is 0 Å². The van der Waals surface area contributed by atoms with E-state index in [1.807, 2.05) is 11.9 Å². The van der Waals surface area contributed by atoms with Crippen LogP contribution in [0, 0.1) is 0 Å². The number of aliphatic imine (C=N–C) groups is 1. The lowest BCUT2D eigenvalue weighted by molar-refractivity contribution is -0.128. The zero-order valence-electron chi connectivity index (χ0n) is 16.5. The number of guanidine groups is 1. The summed E-state index contributed by atoms with van der Waals surface area (Å²) in [5.74, 6) is 1.20. The fourth-order valence-electron chi connectivity index (χ4n) is 4.14. The van der Waals surface area contributed by atoms with Gasteiger partial charge in [0.1, 0.15) is 0 Å². The van der Waals surface area contributed by atoms with Crippen LogP contribution in [0.3, 0.4) is 0 Å². The van der Waals surface area contributed by atoms with E-state index in [0.29, 0.717) is 19.5 Å². The highest BCUT2D eigenvalue weighted by molar-refractivity contribution is 5.80. The molecule has 1 fully saturated rings. The Morgan fingerprint density at radius 3 is 2.50 bits per heavy atom. The molecule has 2 aromatic carbocycles. The van der Waals surface area contributed by atoms with E-state index in [9.17, 15) is 4.79 Å². The molecule has 0 saturated carbocycles. The molecule has 5 nitrogen and oxygen atoms in total. The molecule has 0 aliphatic carbocycles. The summed E-state index contributed by atoms with van der Waals surface area (Å²) in [6.07, 6.45) is 2.70. The average Bonchev–Trinajstić information content (AvgIpc) is 3.14. The van der Waals surface area contributed by atoms with Crippen molar-refractivity contribution in [2.75, 3.05) is 20.1 Å². The Hall–Kier alpha value is -2.82. The fourth-order valence-corrected chi connectivity index (χ4v) is 4.14. The normalized spacial score (nSPS) is 17.0. The summed E-state index contributed by atoms with van der Waals surface area (Å²) >= 11 is 0. The van der Waals surface area contributed by atoms with Crippen molar-refractivity contribution in [2.45, 2.75) is 38.9 Å². The fraction of sp³-hybridized carbons (Fsp3) is 0.391. The minimum Gasteiger partial charge on any atom is -0.352 e. The summed E-state index contributed by atoms with van der Waals surface area (Å²) in [6, 6.07) is 17.0. The van der Waals surface area contributed by atoms with Crippen molar-refractivity contribution in [3.8, 4) is 0 Å². The third-order valence-corrected chi connectivity index (χ3v) is 5.73. The molecule has 0 unspecified atom stereocenters. The number of hydrogen-bond donors (Lipinski definition) is 1. The second-order valence-corrected chi connectivity index (χ2v) is 7.53. The van der Waals surface area contributed by atoms with Crippen LogP contribution in [0.25, 0.3) is 0 Å². The van der Waals surface area contributed by atoms with Gasteiger partial charge in [-0.15, -0.1) is 0 Å². The first kappa shape index (κ1) is 18.5. The number of nitrogens with one attached hydrogen (secondary N) is 1. The van der Waals surface area contributed by atoms with Gasteiger partial charge < -0.3 is 15.1 Å². The number of nitrogens with zero attached hydrogens (tertiary/aromatic N) is 3. The molecule has 2 heterocycles. The molecule has 146 valence electrons.